The van der Waals surface area contributed by atoms with Crippen LogP contribution < -0.4 is 5.32 Å². The standard InChI is InChI=1S/C25H26ClNO/c1-3-19-17-24(20(4-2)16-23(19)26)27-25(28)22-13-9-8-12-21(22)15-14-18-10-6-5-7-11-18/h5-13,16-17H,3-4,14-15H2,1-2H3,(H,27,28). The molecule has 0 saturated heterocycles. The van der Waals surface area contributed by atoms with Gasteiger partial charge >= 0.3 is 0 Å². The van der Waals surface area contributed by atoms with Crippen molar-refractivity contribution in [3.63, 3.8) is 0 Å². The van der Waals surface area contributed by atoms with Crippen LogP contribution in [0.4, 0.5) is 5.69 Å². The third-order valence-corrected chi connectivity index (χ3v) is 5.42. The van der Waals surface area contributed by atoms with E-state index in [0.717, 1.165) is 58.6 Å². The summed E-state index contributed by atoms with van der Waals surface area (Å²) in [5.74, 6) is -0.0669. The van der Waals surface area contributed by atoms with E-state index in [-0.39, 0.29) is 5.91 Å². The van der Waals surface area contributed by atoms with Crippen LogP contribution >= 0.6 is 11.6 Å². The van der Waals surface area contributed by atoms with Gasteiger partial charge in [0.2, 0.25) is 0 Å². The van der Waals surface area contributed by atoms with Gasteiger partial charge in [0.05, 0.1) is 0 Å². The second kappa shape index (κ2) is 9.57. The maximum Gasteiger partial charge on any atom is 0.255 e. The number of amides is 1. The normalized spacial score (nSPS) is 10.7. The van der Waals surface area contributed by atoms with Crippen molar-refractivity contribution in [2.45, 2.75) is 39.5 Å². The smallest absolute Gasteiger partial charge is 0.255 e. The molecule has 0 unspecified atom stereocenters. The third-order valence-electron chi connectivity index (χ3n) is 5.07. The zero-order valence-electron chi connectivity index (χ0n) is 16.5. The molecular weight excluding hydrogens is 366 g/mol. The van der Waals surface area contributed by atoms with Crippen molar-refractivity contribution in [3.8, 4) is 0 Å². The lowest BCUT2D eigenvalue weighted by molar-refractivity contribution is 0.102. The Bertz CT molecular complexity index is 950. The first kappa shape index (κ1) is 20.2. The molecular formula is C25H26ClNO. The molecule has 1 amide bonds. The first-order valence-electron chi connectivity index (χ1n) is 9.86. The quantitative estimate of drug-likeness (QED) is 0.489. The number of halogens is 1. The summed E-state index contributed by atoms with van der Waals surface area (Å²) in [4.78, 5) is 13.1. The summed E-state index contributed by atoms with van der Waals surface area (Å²) in [6.45, 7) is 4.14. The summed E-state index contributed by atoms with van der Waals surface area (Å²) < 4.78 is 0. The molecule has 0 heterocycles. The molecule has 0 fully saturated rings. The monoisotopic (exact) mass is 391 g/mol. The SMILES string of the molecule is CCc1cc(NC(=O)c2ccccc2CCc2ccccc2)c(CC)cc1Cl. The van der Waals surface area contributed by atoms with Gasteiger partial charge in [-0.2, -0.15) is 0 Å². The van der Waals surface area contributed by atoms with Gasteiger partial charge < -0.3 is 5.32 Å². The van der Waals surface area contributed by atoms with Gasteiger partial charge in [0, 0.05) is 16.3 Å². The highest BCUT2D eigenvalue weighted by atomic mass is 35.5. The highest BCUT2D eigenvalue weighted by Crippen LogP contribution is 2.27. The predicted octanol–water partition coefficient (Wildman–Crippen LogP) is 6.50. The fourth-order valence-corrected chi connectivity index (χ4v) is 3.73. The van der Waals surface area contributed by atoms with E-state index in [2.05, 4.69) is 31.3 Å². The van der Waals surface area contributed by atoms with Crippen LogP contribution in [-0.4, -0.2) is 5.91 Å². The molecule has 3 rings (SSSR count). The second-order valence-electron chi connectivity index (χ2n) is 6.90. The van der Waals surface area contributed by atoms with E-state index in [1.807, 2.05) is 54.6 Å². The summed E-state index contributed by atoms with van der Waals surface area (Å²) in [6, 6.07) is 22.2. The van der Waals surface area contributed by atoms with Gasteiger partial charge in [0.1, 0.15) is 0 Å². The van der Waals surface area contributed by atoms with Crippen molar-refractivity contribution in [1.29, 1.82) is 0 Å². The van der Waals surface area contributed by atoms with E-state index in [4.69, 9.17) is 11.6 Å². The Kier molecular flexibility index (Phi) is 6.89. The lowest BCUT2D eigenvalue weighted by Crippen LogP contribution is -2.16. The van der Waals surface area contributed by atoms with Crippen LogP contribution in [0.15, 0.2) is 66.7 Å². The zero-order chi connectivity index (χ0) is 19.9. The van der Waals surface area contributed by atoms with E-state index in [1.54, 1.807) is 0 Å². The molecule has 0 aromatic heterocycles. The van der Waals surface area contributed by atoms with Gasteiger partial charge in [-0.3, -0.25) is 4.79 Å². The summed E-state index contributed by atoms with van der Waals surface area (Å²) in [5.41, 5.74) is 6.02. The average molecular weight is 392 g/mol. The van der Waals surface area contributed by atoms with Gasteiger partial charge in [0.15, 0.2) is 0 Å². The average Bonchev–Trinajstić information content (AvgIpc) is 2.74. The first-order chi connectivity index (χ1) is 13.6. The van der Waals surface area contributed by atoms with Crippen LogP contribution in [-0.2, 0) is 25.7 Å². The van der Waals surface area contributed by atoms with Gasteiger partial charge in [-0.1, -0.05) is 74.0 Å². The minimum Gasteiger partial charge on any atom is -0.322 e. The van der Waals surface area contributed by atoms with Crippen molar-refractivity contribution >= 4 is 23.2 Å². The van der Waals surface area contributed by atoms with Crippen molar-refractivity contribution in [3.05, 3.63) is 99.6 Å². The van der Waals surface area contributed by atoms with Crippen LogP contribution in [0.25, 0.3) is 0 Å². The summed E-state index contributed by atoms with van der Waals surface area (Å²) >= 11 is 6.35. The maximum atomic E-state index is 13.1. The molecule has 0 saturated carbocycles. The molecule has 0 aliphatic heterocycles. The Hall–Kier alpha value is -2.58. The minimum absolute atomic E-state index is 0.0669. The van der Waals surface area contributed by atoms with Crippen LogP contribution in [0, 0.1) is 0 Å². The molecule has 0 spiro atoms. The maximum absolute atomic E-state index is 13.1. The van der Waals surface area contributed by atoms with Crippen LogP contribution in [0.1, 0.15) is 46.5 Å². The van der Waals surface area contributed by atoms with Gasteiger partial charge in [-0.15, -0.1) is 0 Å². The molecule has 3 heteroatoms. The van der Waals surface area contributed by atoms with Crippen LogP contribution in [0.2, 0.25) is 5.02 Å². The van der Waals surface area contributed by atoms with Crippen molar-refractivity contribution in [2.75, 3.05) is 5.32 Å². The first-order valence-corrected chi connectivity index (χ1v) is 10.2. The number of hydrogen-bond donors (Lipinski definition) is 1. The molecule has 0 atom stereocenters. The number of anilines is 1. The topological polar surface area (TPSA) is 29.1 Å². The highest BCUT2D eigenvalue weighted by Gasteiger charge is 2.14. The molecule has 1 N–H and O–H groups in total. The third kappa shape index (κ3) is 4.82. The molecule has 144 valence electrons. The molecule has 0 aliphatic carbocycles. The number of benzene rings is 3. The molecule has 28 heavy (non-hydrogen) atoms. The zero-order valence-corrected chi connectivity index (χ0v) is 17.2. The largest absolute Gasteiger partial charge is 0.322 e. The lowest BCUT2D eigenvalue weighted by atomic mass is 9.99. The number of aryl methyl sites for hydroxylation is 4. The van der Waals surface area contributed by atoms with E-state index in [1.165, 1.54) is 5.56 Å². The highest BCUT2D eigenvalue weighted by molar-refractivity contribution is 6.31. The van der Waals surface area contributed by atoms with Gasteiger partial charge in [-0.05, 0) is 66.1 Å². The predicted molar refractivity (Wildman–Crippen MR) is 118 cm³/mol. The Morgan fingerprint density at radius 2 is 1.50 bits per heavy atom. The number of rotatable bonds is 7. The minimum atomic E-state index is -0.0669. The van der Waals surface area contributed by atoms with E-state index < -0.39 is 0 Å². The summed E-state index contributed by atoms with van der Waals surface area (Å²) in [5, 5.41) is 3.89. The molecule has 3 aromatic carbocycles. The van der Waals surface area contributed by atoms with E-state index >= 15 is 0 Å². The summed E-state index contributed by atoms with van der Waals surface area (Å²) in [7, 11) is 0. The Balaban J connectivity index is 1.82. The lowest BCUT2D eigenvalue weighted by Gasteiger charge is -2.15. The Morgan fingerprint density at radius 1 is 0.821 bits per heavy atom. The number of nitrogens with one attached hydrogen (secondary N) is 1. The number of carbonyl (C=O) groups is 1. The molecule has 0 bridgehead atoms. The summed E-state index contributed by atoms with van der Waals surface area (Å²) in [6.07, 6.45) is 3.38. The fraction of sp³-hybridized carbons (Fsp3) is 0.240. The fourth-order valence-electron chi connectivity index (χ4n) is 3.41. The van der Waals surface area contributed by atoms with Crippen LogP contribution in [0.5, 0.6) is 0 Å². The molecule has 3 aromatic rings. The number of hydrogen-bond acceptors (Lipinski definition) is 1. The molecule has 0 aliphatic rings. The van der Waals surface area contributed by atoms with E-state index in [9.17, 15) is 4.79 Å². The van der Waals surface area contributed by atoms with Gasteiger partial charge in [0.25, 0.3) is 5.91 Å². The molecule has 0 radical (unpaired) electrons. The van der Waals surface area contributed by atoms with Crippen molar-refractivity contribution in [1.82, 2.24) is 0 Å². The second-order valence-corrected chi connectivity index (χ2v) is 7.31. The van der Waals surface area contributed by atoms with Crippen LogP contribution in [0.3, 0.4) is 0 Å². The Morgan fingerprint density at radius 3 is 2.21 bits per heavy atom. The Labute approximate surface area is 172 Å². The number of carbonyl (C=O) groups excluding carboxylic acids is 1. The molecule has 2 nitrogen and oxygen atoms in total. The van der Waals surface area contributed by atoms with Gasteiger partial charge in [-0.25, -0.2) is 0 Å². The van der Waals surface area contributed by atoms with E-state index in [0.29, 0.717) is 0 Å². The van der Waals surface area contributed by atoms with Crippen molar-refractivity contribution in [2.24, 2.45) is 0 Å². The van der Waals surface area contributed by atoms with Crippen molar-refractivity contribution < 1.29 is 4.79 Å².